The molecule has 9 rings (SSSR count). The van der Waals surface area contributed by atoms with Crippen LogP contribution in [0.2, 0.25) is 0 Å². The summed E-state index contributed by atoms with van der Waals surface area (Å²) in [5.41, 5.74) is 13.4. The van der Waals surface area contributed by atoms with E-state index < -0.39 is 0 Å². The zero-order valence-corrected chi connectivity index (χ0v) is 27.7. The third kappa shape index (κ3) is 5.11. The molecule has 7 aromatic rings. The van der Waals surface area contributed by atoms with Crippen LogP contribution in [-0.4, -0.2) is 15.0 Å². The lowest BCUT2D eigenvalue weighted by Gasteiger charge is -2.36. The molecule has 2 aliphatic rings. The minimum atomic E-state index is -0.0620. The molecule has 0 unspecified atom stereocenters. The van der Waals surface area contributed by atoms with Crippen LogP contribution < -0.4 is 0 Å². The molecule has 2 aliphatic carbocycles. The van der Waals surface area contributed by atoms with Gasteiger partial charge in [0.05, 0.1) is 11.6 Å². The van der Waals surface area contributed by atoms with Gasteiger partial charge in [-0.1, -0.05) is 147 Å². The van der Waals surface area contributed by atoms with Gasteiger partial charge in [-0.15, -0.1) is 0 Å². The molecule has 1 saturated carbocycles. The number of fused-ring (bicyclic) bond motifs is 5. The highest BCUT2D eigenvalue weighted by Crippen LogP contribution is 2.56. The van der Waals surface area contributed by atoms with Crippen molar-refractivity contribution in [1.29, 1.82) is 5.26 Å². The van der Waals surface area contributed by atoms with Crippen molar-refractivity contribution in [2.75, 3.05) is 0 Å². The van der Waals surface area contributed by atoms with Crippen LogP contribution in [0.3, 0.4) is 0 Å². The van der Waals surface area contributed by atoms with Gasteiger partial charge in [-0.2, -0.15) is 5.26 Å². The second kappa shape index (κ2) is 12.4. The molecule has 1 heterocycles. The standard InChI is InChI=1S/C46H34N4/c47-30-31-18-24-38-39-25-23-36(29-42(39)46(41(38)28-31)26-10-3-11-27-46)37-16-8-9-17-40(37)45-49-43(34-14-6-2-7-15-34)48-44(50-45)35-21-19-33(20-22-35)32-12-4-1-5-13-32/h1-2,4-9,12-25,28-29H,3,10-11,26-27H2. The number of hydrogen-bond donors (Lipinski definition) is 0. The van der Waals surface area contributed by atoms with E-state index in [9.17, 15) is 5.26 Å². The van der Waals surface area contributed by atoms with Crippen LogP contribution >= 0.6 is 0 Å². The fraction of sp³-hybridized carbons (Fsp3) is 0.130. The minimum Gasteiger partial charge on any atom is -0.208 e. The molecule has 0 bridgehead atoms. The van der Waals surface area contributed by atoms with E-state index in [1.807, 2.05) is 42.5 Å². The van der Waals surface area contributed by atoms with Crippen LogP contribution in [0.25, 0.3) is 67.5 Å². The molecule has 1 aromatic heterocycles. The van der Waals surface area contributed by atoms with Crippen molar-refractivity contribution in [3.8, 4) is 73.6 Å². The fourth-order valence-electron chi connectivity index (χ4n) is 8.14. The highest BCUT2D eigenvalue weighted by molar-refractivity contribution is 5.88. The quantitative estimate of drug-likeness (QED) is 0.187. The van der Waals surface area contributed by atoms with Gasteiger partial charge in [0.1, 0.15) is 0 Å². The summed E-state index contributed by atoms with van der Waals surface area (Å²) in [6.45, 7) is 0. The Morgan fingerprint density at radius 2 is 0.920 bits per heavy atom. The summed E-state index contributed by atoms with van der Waals surface area (Å²) < 4.78 is 0. The lowest BCUT2D eigenvalue weighted by Crippen LogP contribution is -2.28. The normalized spacial score (nSPS) is 14.1. The lowest BCUT2D eigenvalue weighted by atomic mass is 9.67. The summed E-state index contributed by atoms with van der Waals surface area (Å²) in [6, 6.07) is 53.1. The summed E-state index contributed by atoms with van der Waals surface area (Å²) in [7, 11) is 0. The molecule has 4 nitrogen and oxygen atoms in total. The van der Waals surface area contributed by atoms with E-state index >= 15 is 0 Å². The Morgan fingerprint density at radius 1 is 0.420 bits per heavy atom. The third-order valence-corrected chi connectivity index (χ3v) is 10.6. The van der Waals surface area contributed by atoms with Crippen molar-refractivity contribution in [1.82, 2.24) is 15.0 Å². The molecule has 6 aromatic carbocycles. The first-order chi connectivity index (χ1) is 24.7. The molecule has 0 atom stereocenters. The Hall–Kier alpha value is -6.18. The summed E-state index contributed by atoms with van der Waals surface area (Å²) in [5, 5.41) is 9.78. The van der Waals surface area contributed by atoms with E-state index in [0.29, 0.717) is 17.5 Å². The second-order valence-corrected chi connectivity index (χ2v) is 13.4. The van der Waals surface area contributed by atoms with Crippen molar-refractivity contribution < 1.29 is 0 Å². The second-order valence-electron chi connectivity index (χ2n) is 13.4. The average molecular weight is 643 g/mol. The molecule has 0 amide bonds. The van der Waals surface area contributed by atoms with Gasteiger partial charge < -0.3 is 0 Å². The van der Waals surface area contributed by atoms with Gasteiger partial charge in [0.2, 0.25) is 0 Å². The van der Waals surface area contributed by atoms with E-state index in [0.717, 1.165) is 51.8 Å². The van der Waals surface area contributed by atoms with Gasteiger partial charge in [0, 0.05) is 22.1 Å². The molecule has 0 saturated heterocycles. The van der Waals surface area contributed by atoms with Crippen LogP contribution in [0.1, 0.15) is 48.8 Å². The number of hydrogen-bond acceptors (Lipinski definition) is 4. The Morgan fingerprint density at radius 3 is 1.60 bits per heavy atom. The molecule has 1 spiro atoms. The van der Waals surface area contributed by atoms with E-state index in [1.54, 1.807) is 0 Å². The SMILES string of the molecule is N#Cc1ccc2c(c1)C1(CCCCC1)c1cc(-c3ccccc3-c3nc(-c4ccccc4)nc(-c4ccc(-c5ccccc5)cc4)n3)ccc1-2. The Kier molecular flexibility index (Phi) is 7.40. The summed E-state index contributed by atoms with van der Waals surface area (Å²) in [4.78, 5) is 15.2. The van der Waals surface area contributed by atoms with E-state index in [2.05, 4.69) is 109 Å². The lowest BCUT2D eigenvalue weighted by molar-refractivity contribution is 0.353. The number of nitrogens with zero attached hydrogens (tertiary/aromatic N) is 4. The maximum atomic E-state index is 9.78. The molecule has 50 heavy (non-hydrogen) atoms. The Bertz CT molecular complexity index is 2400. The smallest absolute Gasteiger partial charge is 0.164 e. The van der Waals surface area contributed by atoms with Crippen molar-refractivity contribution in [2.45, 2.75) is 37.5 Å². The largest absolute Gasteiger partial charge is 0.208 e. The topological polar surface area (TPSA) is 62.5 Å². The van der Waals surface area contributed by atoms with Crippen LogP contribution in [0, 0.1) is 11.3 Å². The van der Waals surface area contributed by atoms with Crippen LogP contribution in [-0.2, 0) is 5.41 Å². The summed E-state index contributed by atoms with van der Waals surface area (Å²) in [6.07, 6.45) is 5.85. The van der Waals surface area contributed by atoms with Crippen molar-refractivity contribution >= 4 is 0 Å². The third-order valence-electron chi connectivity index (χ3n) is 10.6. The monoisotopic (exact) mass is 642 g/mol. The van der Waals surface area contributed by atoms with Gasteiger partial charge in [-0.25, -0.2) is 15.0 Å². The number of rotatable bonds is 5. The zero-order chi connectivity index (χ0) is 33.5. The van der Waals surface area contributed by atoms with Crippen molar-refractivity contribution in [3.63, 3.8) is 0 Å². The first kappa shape index (κ1) is 29.9. The Labute approximate surface area is 292 Å². The maximum absolute atomic E-state index is 9.78. The minimum absolute atomic E-state index is 0.0620. The number of nitriles is 1. The molecule has 0 aliphatic heterocycles. The van der Waals surface area contributed by atoms with Gasteiger partial charge in [-0.3, -0.25) is 0 Å². The van der Waals surface area contributed by atoms with E-state index in [-0.39, 0.29) is 5.41 Å². The molecular weight excluding hydrogens is 609 g/mol. The highest BCUT2D eigenvalue weighted by Gasteiger charge is 2.44. The number of benzene rings is 6. The van der Waals surface area contributed by atoms with Gasteiger partial charge in [-0.05, 0) is 75.5 Å². The number of aromatic nitrogens is 3. The molecule has 1 fully saturated rings. The van der Waals surface area contributed by atoms with Crippen LogP contribution in [0.4, 0.5) is 0 Å². The molecule has 0 N–H and O–H groups in total. The Balaban J connectivity index is 1.18. The highest BCUT2D eigenvalue weighted by atomic mass is 15.0. The van der Waals surface area contributed by atoms with Gasteiger partial charge in [0.15, 0.2) is 17.5 Å². The summed E-state index contributed by atoms with van der Waals surface area (Å²) in [5.74, 6) is 1.93. The predicted octanol–water partition coefficient (Wildman–Crippen LogP) is 11.3. The molecule has 238 valence electrons. The molecule has 4 heteroatoms. The summed E-state index contributed by atoms with van der Waals surface area (Å²) >= 11 is 0. The average Bonchev–Trinajstić information content (AvgIpc) is 3.45. The molecular formula is C46H34N4. The first-order valence-corrected chi connectivity index (χ1v) is 17.5. The fourth-order valence-corrected chi connectivity index (χ4v) is 8.14. The van der Waals surface area contributed by atoms with Crippen molar-refractivity contribution in [3.05, 3.63) is 162 Å². The predicted molar refractivity (Wildman–Crippen MR) is 201 cm³/mol. The van der Waals surface area contributed by atoms with E-state index in [4.69, 9.17) is 15.0 Å². The zero-order valence-electron chi connectivity index (χ0n) is 27.7. The van der Waals surface area contributed by atoms with Gasteiger partial charge >= 0.3 is 0 Å². The van der Waals surface area contributed by atoms with E-state index in [1.165, 1.54) is 47.1 Å². The molecule has 0 radical (unpaired) electrons. The van der Waals surface area contributed by atoms with Gasteiger partial charge in [0.25, 0.3) is 0 Å². The van der Waals surface area contributed by atoms with Crippen molar-refractivity contribution in [2.24, 2.45) is 0 Å². The van der Waals surface area contributed by atoms with Crippen LogP contribution in [0.5, 0.6) is 0 Å². The van der Waals surface area contributed by atoms with Crippen LogP contribution in [0.15, 0.2) is 146 Å². The maximum Gasteiger partial charge on any atom is 0.164 e. The first-order valence-electron chi connectivity index (χ1n) is 17.5.